The Morgan fingerprint density at radius 2 is 2.15 bits per heavy atom. The monoisotopic (exact) mass is 296 g/mol. The molecule has 2 amide bonds. The summed E-state index contributed by atoms with van der Waals surface area (Å²) in [6, 6.07) is 4.06. The van der Waals surface area contributed by atoms with Crippen LogP contribution in [0.15, 0.2) is 18.2 Å². The highest BCUT2D eigenvalue weighted by molar-refractivity contribution is 6.33. The molecule has 2 N–H and O–H groups in total. The van der Waals surface area contributed by atoms with Crippen LogP contribution < -0.4 is 5.32 Å². The molecule has 0 aliphatic carbocycles. The number of rotatable bonds is 3. The third-order valence-corrected chi connectivity index (χ3v) is 3.51. The minimum Gasteiger partial charge on any atom is -0.478 e. The first-order valence-electron chi connectivity index (χ1n) is 5.96. The molecule has 1 fully saturated rings. The largest absolute Gasteiger partial charge is 0.478 e. The molecule has 1 unspecified atom stereocenters. The summed E-state index contributed by atoms with van der Waals surface area (Å²) >= 11 is 5.92. The molecular formula is C13H13ClN2O4. The van der Waals surface area contributed by atoms with Crippen molar-refractivity contribution in [3.8, 4) is 0 Å². The second kappa shape index (κ2) is 5.50. The average molecular weight is 297 g/mol. The first kappa shape index (κ1) is 14.3. The highest BCUT2D eigenvalue weighted by atomic mass is 35.5. The number of aromatic carboxylic acids is 1. The number of nitrogens with zero attached hydrogens (tertiary/aromatic N) is 1. The van der Waals surface area contributed by atoms with Crippen LogP contribution in [0, 0.1) is 5.92 Å². The molecule has 6 nitrogen and oxygen atoms in total. The van der Waals surface area contributed by atoms with Gasteiger partial charge in [-0.05, 0) is 18.2 Å². The zero-order valence-electron chi connectivity index (χ0n) is 10.7. The third-order valence-electron chi connectivity index (χ3n) is 3.18. The van der Waals surface area contributed by atoms with Gasteiger partial charge in [-0.2, -0.15) is 0 Å². The number of halogens is 1. The molecule has 2 rings (SSSR count). The van der Waals surface area contributed by atoms with Gasteiger partial charge in [0.25, 0.3) is 0 Å². The van der Waals surface area contributed by atoms with E-state index in [1.807, 2.05) is 0 Å². The van der Waals surface area contributed by atoms with Crippen molar-refractivity contribution in [2.75, 3.05) is 18.9 Å². The van der Waals surface area contributed by atoms with Crippen molar-refractivity contribution in [1.29, 1.82) is 0 Å². The van der Waals surface area contributed by atoms with Gasteiger partial charge in [0, 0.05) is 20.0 Å². The van der Waals surface area contributed by atoms with Gasteiger partial charge >= 0.3 is 5.97 Å². The lowest BCUT2D eigenvalue weighted by Crippen LogP contribution is -2.25. The van der Waals surface area contributed by atoms with Crippen molar-refractivity contribution in [2.24, 2.45) is 5.92 Å². The molecular weight excluding hydrogens is 284 g/mol. The molecule has 106 valence electrons. The minimum atomic E-state index is -1.10. The van der Waals surface area contributed by atoms with Gasteiger partial charge in [-0.1, -0.05) is 11.6 Å². The number of nitrogens with one attached hydrogen (secondary N) is 1. The van der Waals surface area contributed by atoms with E-state index in [9.17, 15) is 14.4 Å². The van der Waals surface area contributed by atoms with Gasteiger partial charge in [0.15, 0.2) is 0 Å². The lowest BCUT2D eigenvalue weighted by Gasteiger charge is -2.12. The standard InChI is InChI=1S/C13H13ClN2O4/c1-16-6-8(5-11(16)17)12(18)15-10-4-7(13(19)20)2-3-9(10)14/h2-4,8H,5-6H2,1H3,(H,15,18)(H,19,20). The van der Waals surface area contributed by atoms with Crippen molar-refractivity contribution in [3.63, 3.8) is 0 Å². The first-order chi connectivity index (χ1) is 9.38. The van der Waals surface area contributed by atoms with Crippen molar-refractivity contribution >= 4 is 35.1 Å². The Labute approximate surface area is 120 Å². The fourth-order valence-corrected chi connectivity index (χ4v) is 2.19. The van der Waals surface area contributed by atoms with Crippen LogP contribution >= 0.6 is 11.6 Å². The van der Waals surface area contributed by atoms with Crippen molar-refractivity contribution in [3.05, 3.63) is 28.8 Å². The van der Waals surface area contributed by atoms with Gasteiger partial charge in [-0.15, -0.1) is 0 Å². The predicted octanol–water partition coefficient (Wildman–Crippen LogP) is 1.45. The Kier molecular flexibility index (Phi) is 3.94. The molecule has 1 atom stereocenters. The number of hydrogen-bond acceptors (Lipinski definition) is 3. The van der Waals surface area contributed by atoms with Gasteiger partial charge in [-0.25, -0.2) is 4.79 Å². The number of benzene rings is 1. The molecule has 1 aliphatic rings. The van der Waals surface area contributed by atoms with Crippen LogP contribution in [0.5, 0.6) is 0 Å². The third kappa shape index (κ3) is 2.91. The Morgan fingerprint density at radius 1 is 1.45 bits per heavy atom. The first-order valence-corrected chi connectivity index (χ1v) is 6.34. The van der Waals surface area contributed by atoms with Crippen LogP contribution in [0.25, 0.3) is 0 Å². The van der Waals surface area contributed by atoms with E-state index in [-0.39, 0.29) is 34.5 Å². The molecule has 7 heteroatoms. The summed E-state index contributed by atoms with van der Waals surface area (Å²) in [4.78, 5) is 35.8. The topological polar surface area (TPSA) is 86.7 Å². The van der Waals surface area contributed by atoms with Gasteiger partial charge in [0.1, 0.15) is 0 Å². The number of amides is 2. The van der Waals surface area contributed by atoms with Crippen LogP contribution in [-0.2, 0) is 9.59 Å². The summed E-state index contributed by atoms with van der Waals surface area (Å²) in [5.41, 5.74) is 0.267. The summed E-state index contributed by atoms with van der Waals surface area (Å²) in [6.07, 6.45) is 0.151. The van der Waals surface area contributed by atoms with Gasteiger partial charge < -0.3 is 15.3 Å². The number of carboxylic acids is 1. The highest BCUT2D eigenvalue weighted by Gasteiger charge is 2.32. The Balaban J connectivity index is 2.14. The zero-order valence-corrected chi connectivity index (χ0v) is 11.5. The average Bonchev–Trinajstić information content (AvgIpc) is 2.72. The molecule has 1 saturated heterocycles. The van der Waals surface area contributed by atoms with E-state index < -0.39 is 11.9 Å². The molecule has 1 aromatic carbocycles. The van der Waals surface area contributed by atoms with E-state index in [1.165, 1.54) is 23.1 Å². The van der Waals surface area contributed by atoms with Gasteiger partial charge in [-0.3, -0.25) is 9.59 Å². The summed E-state index contributed by atoms with van der Waals surface area (Å²) in [5, 5.41) is 11.7. The number of likely N-dealkylation sites (tertiary alicyclic amines) is 1. The quantitative estimate of drug-likeness (QED) is 0.884. The Bertz CT molecular complexity index is 588. The van der Waals surface area contributed by atoms with Crippen LogP contribution in [0.3, 0.4) is 0 Å². The fraction of sp³-hybridized carbons (Fsp3) is 0.308. The molecule has 1 aliphatic heterocycles. The van der Waals surface area contributed by atoms with Crippen molar-refractivity contribution in [1.82, 2.24) is 4.90 Å². The smallest absolute Gasteiger partial charge is 0.335 e. The molecule has 1 aromatic rings. The maximum absolute atomic E-state index is 12.0. The normalized spacial score (nSPS) is 18.2. The zero-order chi connectivity index (χ0) is 14.9. The SMILES string of the molecule is CN1CC(C(=O)Nc2cc(C(=O)O)ccc2Cl)CC1=O. The maximum Gasteiger partial charge on any atom is 0.335 e. The molecule has 0 bridgehead atoms. The lowest BCUT2D eigenvalue weighted by atomic mass is 10.1. The maximum atomic E-state index is 12.0. The van der Waals surface area contributed by atoms with Crippen LogP contribution in [-0.4, -0.2) is 41.4 Å². The molecule has 0 saturated carbocycles. The number of anilines is 1. The predicted molar refractivity (Wildman–Crippen MR) is 72.8 cm³/mol. The number of carboxylic acid groups (broad SMARTS) is 1. The molecule has 20 heavy (non-hydrogen) atoms. The summed E-state index contributed by atoms with van der Waals surface area (Å²) in [5.74, 6) is -1.98. The molecule has 0 aromatic heterocycles. The van der Waals surface area contributed by atoms with E-state index in [4.69, 9.17) is 16.7 Å². The van der Waals surface area contributed by atoms with E-state index in [0.29, 0.717) is 6.54 Å². The fourth-order valence-electron chi connectivity index (χ4n) is 2.03. The second-order valence-corrected chi connectivity index (χ2v) is 5.07. The van der Waals surface area contributed by atoms with Gasteiger partial charge in [0.2, 0.25) is 11.8 Å². The van der Waals surface area contributed by atoms with E-state index in [0.717, 1.165) is 0 Å². The second-order valence-electron chi connectivity index (χ2n) is 4.66. The van der Waals surface area contributed by atoms with Crippen molar-refractivity contribution in [2.45, 2.75) is 6.42 Å². The summed E-state index contributed by atoms with van der Waals surface area (Å²) in [6.45, 7) is 0.348. The minimum absolute atomic E-state index is 0.0318. The molecule has 1 heterocycles. The molecule has 0 radical (unpaired) electrons. The van der Waals surface area contributed by atoms with Gasteiger partial charge in [0.05, 0.1) is 22.2 Å². The van der Waals surface area contributed by atoms with E-state index in [2.05, 4.69) is 5.32 Å². The van der Waals surface area contributed by atoms with Crippen molar-refractivity contribution < 1.29 is 19.5 Å². The number of carbonyl (C=O) groups is 3. The van der Waals surface area contributed by atoms with Crippen LogP contribution in [0.1, 0.15) is 16.8 Å². The van der Waals surface area contributed by atoms with E-state index in [1.54, 1.807) is 7.05 Å². The number of hydrogen-bond donors (Lipinski definition) is 2. The Morgan fingerprint density at radius 3 is 2.70 bits per heavy atom. The van der Waals surface area contributed by atoms with E-state index >= 15 is 0 Å². The summed E-state index contributed by atoms with van der Waals surface area (Å²) < 4.78 is 0. The van der Waals surface area contributed by atoms with Crippen LogP contribution in [0.2, 0.25) is 5.02 Å². The molecule has 0 spiro atoms. The summed E-state index contributed by atoms with van der Waals surface area (Å²) in [7, 11) is 1.63. The highest BCUT2D eigenvalue weighted by Crippen LogP contribution is 2.25. The number of carbonyl (C=O) groups excluding carboxylic acids is 2. The lowest BCUT2D eigenvalue weighted by molar-refractivity contribution is -0.127. The Hall–Kier alpha value is -2.08. The van der Waals surface area contributed by atoms with Crippen LogP contribution in [0.4, 0.5) is 5.69 Å².